The fraction of sp³-hybridized carbons (Fsp3) is 0.438. The number of ether oxygens (including phenoxy) is 1. The lowest BCUT2D eigenvalue weighted by Crippen LogP contribution is -2.23. The molecule has 1 aromatic rings. The van der Waals surface area contributed by atoms with Crippen molar-refractivity contribution in [2.24, 2.45) is 0 Å². The highest BCUT2D eigenvalue weighted by Gasteiger charge is 1.96. The lowest BCUT2D eigenvalue weighted by molar-refractivity contribution is -0.116. The molecule has 1 rings (SSSR count). The lowest BCUT2D eigenvalue weighted by atomic mass is 10.1. The number of amides is 1. The minimum absolute atomic E-state index is 0.0327. The number of hydrogen-bond acceptors (Lipinski definition) is 3. The van der Waals surface area contributed by atoms with Crippen molar-refractivity contribution < 1.29 is 14.6 Å². The quantitative estimate of drug-likeness (QED) is 0.563. The first kappa shape index (κ1) is 16.4. The maximum Gasteiger partial charge on any atom is 0.244 e. The second-order valence-corrected chi connectivity index (χ2v) is 4.73. The number of hydrogen-bond donors (Lipinski definition) is 2. The third-order valence-electron chi connectivity index (χ3n) is 2.67. The molecule has 0 fully saturated rings. The predicted octanol–water partition coefficient (Wildman–Crippen LogP) is 1.83. The minimum atomic E-state index is -0.105. The summed E-state index contributed by atoms with van der Waals surface area (Å²) in [6.45, 7) is 5.57. The van der Waals surface area contributed by atoms with Crippen LogP contribution in [0.2, 0.25) is 0 Å². The van der Waals surface area contributed by atoms with E-state index in [2.05, 4.69) is 11.4 Å². The molecular weight excluding hydrogens is 254 g/mol. The molecule has 2 N–H and O–H groups in total. The summed E-state index contributed by atoms with van der Waals surface area (Å²) in [7, 11) is 0. The highest BCUT2D eigenvalue weighted by Crippen LogP contribution is 2.10. The Morgan fingerprint density at radius 3 is 2.60 bits per heavy atom. The maximum atomic E-state index is 11.6. The van der Waals surface area contributed by atoms with Gasteiger partial charge in [-0.25, -0.2) is 0 Å². The molecule has 20 heavy (non-hydrogen) atoms. The zero-order valence-corrected chi connectivity index (χ0v) is 12.2. The Labute approximate surface area is 120 Å². The van der Waals surface area contributed by atoms with Gasteiger partial charge in [-0.1, -0.05) is 29.3 Å². The Hall–Kier alpha value is -1.65. The summed E-state index contributed by atoms with van der Waals surface area (Å²) in [5.74, 6) is -0.105. The van der Waals surface area contributed by atoms with Crippen LogP contribution < -0.4 is 5.32 Å². The first-order valence-corrected chi connectivity index (χ1v) is 6.84. The summed E-state index contributed by atoms with van der Waals surface area (Å²) in [4.78, 5) is 11.6. The monoisotopic (exact) mass is 277 g/mol. The fourth-order valence-corrected chi connectivity index (χ4v) is 1.89. The normalized spacial score (nSPS) is 10.9. The topological polar surface area (TPSA) is 58.6 Å². The van der Waals surface area contributed by atoms with Crippen molar-refractivity contribution in [3.05, 3.63) is 41.0 Å². The number of rotatable bonds is 8. The van der Waals surface area contributed by atoms with E-state index in [-0.39, 0.29) is 12.5 Å². The Morgan fingerprint density at radius 2 is 1.95 bits per heavy atom. The van der Waals surface area contributed by atoms with Gasteiger partial charge in [-0.3, -0.25) is 4.79 Å². The van der Waals surface area contributed by atoms with E-state index in [4.69, 9.17) is 9.84 Å². The van der Waals surface area contributed by atoms with Gasteiger partial charge in [-0.15, -0.1) is 0 Å². The standard InChI is InChI=1S/C16H23NO3/c1-13-10-14(2)12-15(11-13)4-5-16(19)17-6-3-8-20-9-7-18/h4-5,10-12,18H,3,6-9H2,1-2H3,(H,17,19)/b5-4+. The molecule has 4 nitrogen and oxygen atoms in total. The minimum Gasteiger partial charge on any atom is -0.394 e. The first-order chi connectivity index (χ1) is 9.61. The van der Waals surface area contributed by atoms with Crippen LogP contribution in [0.5, 0.6) is 0 Å². The molecule has 0 heterocycles. The van der Waals surface area contributed by atoms with E-state index in [9.17, 15) is 4.79 Å². The number of carbonyl (C=O) groups excluding carboxylic acids is 1. The van der Waals surface area contributed by atoms with Gasteiger partial charge in [0, 0.05) is 19.2 Å². The summed E-state index contributed by atoms with van der Waals surface area (Å²) in [5.41, 5.74) is 3.40. The number of carbonyl (C=O) groups is 1. The Kier molecular flexibility index (Phi) is 7.62. The van der Waals surface area contributed by atoms with Crippen molar-refractivity contribution in [3.63, 3.8) is 0 Å². The van der Waals surface area contributed by atoms with E-state index in [1.165, 1.54) is 11.1 Å². The van der Waals surface area contributed by atoms with Crippen LogP contribution in [0.3, 0.4) is 0 Å². The largest absolute Gasteiger partial charge is 0.394 e. The first-order valence-electron chi connectivity index (χ1n) is 6.84. The highest BCUT2D eigenvalue weighted by atomic mass is 16.5. The predicted molar refractivity (Wildman–Crippen MR) is 80.5 cm³/mol. The Morgan fingerprint density at radius 1 is 1.25 bits per heavy atom. The van der Waals surface area contributed by atoms with Gasteiger partial charge in [0.25, 0.3) is 0 Å². The molecule has 110 valence electrons. The molecule has 0 spiro atoms. The van der Waals surface area contributed by atoms with E-state index in [1.807, 2.05) is 32.1 Å². The maximum absolute atomic E-state index is 11.6. The number of aliphatic hydroxyl groups is 1. The molecule has 0 aromatic heterocycles. The molecule has 1 aromatic carbocycles. The number of nitrogens with one attached hydrogen (secondary N) is 1. The van der Waals surface area contributed by atoms with Crippen molar-refractivity contribution in [1.29, 1.82) is 0 Å². The molecule has 0 saturated carbocycles. The van der Waals surface area contributed by atoms with E-state index in [0.717, 1.165) is 12.0 Å². The molecule has 4 heteroatoms. The van der Waals surface area contributed by atoms with Gasteiger partial charge >= 0.3 is 0 Å². The number of aliphatic hydroxyl groups excluding tert-OH is 1. The van der Waals surface area contributed by atoms with Crippen LogP contribution in [-0.2, 0) is 9.53 Å². The molecule has 0 radical (unpaired) electrons. The van der Waals surface area contributed by atoms with Crippen molar-refractivity contribution in [3.8, 4) is 0 Å². The van der Waals surface area contributed by atoms with Crippen LogP contribution in [0.25, 0.3) is 6.08 Å². The van der Waals surface area contributed by atoms with Crippen molar-refractivity contribution in [2.45, 2.75) is 20.3 Å². The van der Waals surface area contributed by atoms with E-state index in [1.54, 1.807) is 6.08 Å². The molecule has 0 aliphatic heterocycles. The summed E-state index contributed by atoms with van der Waals surface area (Å²) < 4.78 is 5.10. The average Bonchev–Trinajstić information content (AvgIpc) is 2.39. The molecular formula is C16H23NO3. The van der Waals surface area contributed by atoms with Gasteiger partial charge in [-0.2, -0.15) is 0 Å². The third kappa shape index (κ3) is 7.07. The second kappa shape index (κ2) is 9.28. The summed E-state index contributed by atoms with van der Waals surface area (Å²) in [6, 6.07) is 6.18. The Balaban J connectivity index is 2.29. The second-order valence-electron chi connectivity index (χ2n) is 4.73. The summed E-state index contributed by atoms with van der Waals surface area (Å²) >= 11 is 0. The SMILES string of the molecule is Cc1cc(C)cc(/C=C/C(=O)NCCCOCCO)c1. The molecule has 0 aliphatic carbocycles. The number of benzene rings is 1. The van der Waals surface area contributed by atoms with Gasteiger partial charge in [-0.05, 0) is 31.9 Å². The van der Waals surface area contributed by atoms with Crippen molar-refractivity contribution >= 4 is 12.0 Å². The molecule has 0 saturated heterocycles. The Bertz CT molecular complexity index is 435. The summed E-state index contributed by atoms with van der Waals surface area (Å²) in [5, 5.41) is 11.3. The molecule has 0 aliphatic rings. The lowest BCUT2D eigenvalue weighted by Gasteiger charge is -2.03. The molecule has 0 bridgehead atoms. The van der Waals surface area contributed by atoms with Crippen LogP contribution in [0.4, 0.5) is 0 Å². The van der Waals surface area contributed by atoms with Gasteiger partial charge in [0.2, 0.25) is 5.91 Å². The zero-order chi connectivity index (χ0) is 14.8. The number of aryl methyl sites for hydroxylation is 2. The van der Waals surface area contributed by atoms with E-state index in [0.29, 0.717) is 19.8 Å². The fourth-order valence-electron chi connectivity index (χ4n) is 1.89. The van der Waals surface area contributed by atoms with E-state index < -0.39 is 0 Å². The summed E-state index contributed by atoms with van der Waals surface area (Å²) in [6.07, 6.45) is 4.10. The zero-order valence-electron chi connectivity index (χ0n) is 12.2. The van der Waals surface area contributed by atoms with Crippen LogP contribution >= 0.6 is 0 Å². The third-order valence-corrected chi connectivity index (χ3v) is 2.67. The van der Waals surface area contributed by atoms with Crippen LogP contribution in [0.1, 0.15) is 23.1 Å². The smallest absolute Gasteiger partial charge is 0.244 e. The molecule has 0 unspecified atom stereocenters. The van der Waals surface area contributed by atoms with Crippen molar-refractivity contribution in [1.82, 2.24) is 5.32 Å². The molecule has 0 atom stereocenters. The van der Waals surface area contributed by atoms with Crippen LogP contribution in [0.15, 0.2) is 24.3 Å². The van der Waals surface area contributed by atoms with Gasteiger partial charge in [0.05, 0.1) is 13.2 Å². The molecule has 1 amide bonds. The highest BCUT2D eigenvalue weighted by molar-refractivity contribution is 5.91. The van der Waals surface area contributed by atoms with Gasteiger partial charge in [0.15, 0.2) is 0 Å². The van der Waals surface area contributed by atoms with E-state index >= 15 is 0 Å². The van der Waals surface area contributed by atoms with Gasteiger partial charge < -0.3 is 15.2 Å². The van der Waals surface area contributed by atoms with Crippen LogP contribution in [-0.4, -0.2) is 37.4 Å². The van der Waals surface area contributed by atoms with Gasteiger partial charge in [0.1, 0.15) is 0 Å². The van der Waals surface area contributed by atoms with Crippen LogP contribution in [0, 0.1) is 13.8 Å². The average molecular weight is 277 g/mol. The van der Waals surface area contributed by atoms with Crippen molar-refractivity contribution in [2.75, 3.05) is 26.4 Å².